The molecule has 0 atom stereocenters. The van der Waals surface area contributed by atoms with E-state index in [1.54, 1.807) is 19.1 Å². The van der Waals surface area contributed by atoms with Crippen LogP contribution in [-0.2, 0) is 4.79 Å². The van der Waals surface area contributed by atoms with Crippen molar-refractivity contribution in [3.63, 3.8) is 0 Å². The van der Waals surface area contributed by atoms with E-state index >= 15 is 0 Å². The molecular formula is C26H23N3O2. The smallest absolute Gasteiger partial charge is 0.250 e. The molecule has 5 nitrogen and oxygen atoms in total. The summed E-state index contributed by atoms with van der Waals surface area (Å²) in [5.74, 6) is 1.19. The first-order valence-corrected chi connectivity index (χ1v) is 10.1. The lowest BCUT2D eigenvalue weighted by molar-refractivity contribution is -0.112. The van der Waals surface area contributed by atoms with Crippen LogP contribution in [0.2, 0.25) is 0 Å². The van der Waals surface area contributed by atoms with E-state index < -0.39 is 0 Å². The number of rotatable bonds is 6. The molecule has 0 fully saturated rings. The van der Waals surface area contributed by atoms with Gasteiger partial charge in [0.25, 0.3) is 5.91 Å². The third-order valence-electron chi connectivity index (χ3n) is 4.92. The van der Waals surface area contributed by atoms with E-state index in [1.165, 1.54) is 0 Å². The normalized spacial score (nSPS) is 11.7. The zero-order chi connectivity index (χ0) is 21.6. The Labute approximate surface area is 181 Å². The SMILES string of the molecule is C/C=C(\C)C(=O)Nc1cccc(Oc2ccc3c(/C=C/c4ccccc4)n[nH]c3c2)c1. The topological polar surface area (TPSA) is 67.0 Å². The highest BCUT2D eigenvalue weighted by molar-refractivity contribution is 6.03. The van der Waals surface area contributed by atoms with Gasteiger partial charge in [0.1, 0.15) is 11.5 Å². The van der Waals surface area contributed by atoms with Crippen LogP contribution in [0.25, 0.3) is 23.1 Å². The van der Waals surface area contributed by atoms with Crippen molar-refractivity contribution in [3.05, 3.63) is 95.7 Å². The highest BCUT2D eigenvalue weighted by Crippen LogP contribution is 2.28. The third-order valence-corrected chi connectivity index (χ3v) is 4.92. The van der Waals surface area contributed by atoms with Crippen molar-refractivity contribution < 1.29 is 9.53 Å². The van der Waals surface area contributed by atoms with E-state index in [9.17, 15) is 4.79 Å². The van der Waals surface area contributed by atoms with Crippen LogP contribution in [0.1, 0.15) is 25.1 Å². The van der Waals surface area contributed by atoms with Gasteiger partial charge < -0.3 is 10.1 Å². The van der Waals surface area contributed by atoms with E-state index in [2.05, 4.69) is 15.5 Å². The first-order chi connectivity index (χ1) is 15.1. The summed E-state index contributed by atoms with van der Waals surface area (Å²) in [6.45, 7) is 3.61. The van der Waals surface area contributed by atoms with E-state index in [0.29, 0.717) is 22.8 Å². The maximum absolute atomic E-state index is 12.1. The van der Waals surface area contributed by atoms with Gasteiger partial charge in [-0.1, -0.05) is 48.6 Å². The Bertz CT molecular complexity index is 1270. The fourth-order valence-electron chi connectivity index (χ4n) is 3.08. The van der Waals surface area contributed by atoms with Gasteiger partial charge in [0, 0.05) is 28.8 Å². The minimum Gasteiger partial charge on any atom is -0.457 e. The van der Waals surface area contributed by atoms with Crippen LogP contribution < -0.4 is 10.1 Å². The van der Waals surface area contributed by atoms with E-state index in [0.717, 1.165) is 22.2 Å². The number of H-pyrrole nitrogens is 1. The number of fused-ring (bicyclic) bond motifs is 1. The molecule has 5 heteroatoms. The molecule has 0 unspecified atom stereocenters. The summed E-state index contributed by atoms with van der Waals surface area (Å²) in [7, 11) is 0. The lowest BCUT2D eigenvalue weighted by Gasteiger charge is -2.09. The zero-order valence-electron chi connectivity index (χ0n) is 17.4. The Balaban J connectivity index is 1.50. The van der Waals surface area contributed by atoms with Crippen LogP contribution in [0.4, 0.5) is 5.69 Å². The number of amides is 1. The number of aromatic nitrogens is 2. The molecule has 4 rings (SSSR count). The van der Waals surface area contributed by atoms with Gasteiger partial charge >= 0.3 is 0 Å². The van der Waals surface area contributed by atoms with Crippen LogP contribution in [-0.4, -0.2) is 16.1 Å². The molecule has 0 spiro atoms. The Kier molecular flexibility index (Phi) is 5.94. The number of hydrogen-bond acceptors (Lipinski definition) is 3. The van der Waals surface area contributed by atoms with Crippen molar-refractivity contribution in [3.8, 4) is 11.5 Å². The van der Waals surface area contributed by atoms with Crippen LogP contribution >= 0.6 is 0 Å². The number of anilines is 1. The van der Waals surface area contributed by atoms with Crippen LogP contribution in [0.3, 0.4) is 0 Å². The molecule has 0 aliphatic carbocycles. The molecule has 0 aliphatic heterocycles. The maximum atomic E-state index is 12.1. The van der Waals surface area contributed by atoms with Gasteiger partial charge in [-0.2, -0.15) is 5.10 Å². The quantitative estimate of drug-likeness (QED) is 0.361. The summed E-state index contributed by atoms with van der Waals surface area (Å²) < 4.78 is 6.00. The van der Waals surface area contributed by atoms with Crippen molar-refractivity contribution in [2.24, 2.45) is 0 Å². The fourth-order valence-corrected chi connectivity index (χ4v) is 3.08. The molecule has 0 bridgehead atoms. The number of benzene rings is 3. The lowest BCUT2D eigenvalue weighted by Crippen LogP contribution is -2.12. The highest BCUT2D eigenvalue weighted by atomic mass is 16.5. The van der Waals surface area contributed by atoms with Gasteiger partial charge in [-0.3, -0.25) is 9.89 Å². The minimum absolute atomic E-state index is 0.130. The Morgan fingerprint density at radius 2 is 1.77 bits per heavy atom. The average Bonchev–Trinajstić information content (AvgIpc) is 3.20. The molecule has 0 aliphatic rings. The van der Waals surface area contributed by atoms with Gasteiger partial charge in [0.15, 0.2) is 0 Å². The van der Waals surface area contributed by atoms with Crippen LogP contribution in [0.15, 0.2) is 84.4 Å². The summed E-state index contributed by atoms with van der Waals surface area (Å²) in [5, 5.41) is 11.4. The lowest BCUT2D eigenvalue weighted by atomic mass is 10.1. The number of ether oxygens (including phenoxy) is 1. The van der Waals surface area contributed by atoms with E-state index in [4.69, 9.17) is 4.74 Å². The molecular weight excluding hydrogens is 386 g/mol. The molecule has 3 aromatic carbocycles. The van der Waals surface area contributed by atoms with Gasteiger partial charge in [-0.15, -0.1) is 0 Å². The van der Waals surface area contributed by atoms with Crippen LogP contribution in [0, 0.1) is 0 Å². The Morgan fingerprint density at radius 3 is 2.58 bits per heavy atom. The number of carbonyl (C=O) groups is 1. The summed E-state index contributed by atoms with van der Waals surface area (Å²) in [4.78, 5) is 12.1. The first kappa shape index (κ1) is 20.2. The van der Waals surface area contributed by atoms with Crippen molar-refractivity contribution in [1.29, 1.82) is 0 Å². The predicted octanol–water partition coefficient (Wildman–Crippen LogP) is 6.43. The second kappa shape index (κ2) is 9.13. The molecule has 154 valence electrons. The number of allylic oxidation sites excluding steroid dienone is 1. The van der Waals surface area contributed by atoms with Crippen molar-refractivity contribution >= 4 is 34.6 Å². The van der Waals surface area contributed by atoms with Crippen LogP contribution in [0.5, 0.6) is 11.5 Å². The second-order valence-corrected chi connectivity index (χ2v) is 7.12. The number of nitrogens with zero attached hydrogens (tertiary/aromatic N) is 1. The molecule has 0 saturated carbocycles. The molecule has 1 amide bonds. The fraction of sp³-hybridized carbons (Fsp3) is 0.0769. The van der Waals surface area contributed by atoms with E-state index in [-0.39, 0.29) is 5.91 Å². The Morgan fingerprint density at radius 1 is 0.968 bits per heavy atom. The minimum atomic E-state index is -0.130. The van der Waals surface area contributed by atoms with Gasteiger partial charge in [-0.05, 0) is 49.8 Å². The van der Waals surface area contributed by atoms with E-state index in [1.807, 2.05) is 85.8 Å². The number of carbonyl (C=O) groups excluding carboxylic acids is 1. The highest BCUT2D eigenvalue weighted by Gasteiger charge is 2.07. The molecule has 4 aromatic rings. The monoisotopic (exact) mass is 409 g/mol. The zero-order valence-corrected chi connectivity index (χ0v) is 17.4. The largest absolute Gasteiger partial charge is 0.457 e. The maximum Gasteiger partial charge on any atom is 0.250 e. The summed E-state index contributed by atoms with van der Waals surface area (Å²) in [6.07, 6.45) is 5.81. The number of aromatic amines is 1. The van der Waals surface area contributed by atoms with Gasteiger partial charge in [0.05, 0.1) is 11.2 Å². The molecule has 0 saturated heterocycles. The molecule has 2 N–H and O–H groups in total. The second-order valence-electron chi connectivity index (χ2n) is 7.12. The average molecular weight is 409 g/mol. The predicted molar refractivity (Wildman–Crippen MR) is 126 cm³/mol. The van der Waals surface area contributed by atoms with Crippen molar-refractivity contribution in [2.45, 2.75) is 13.8 Å². The van der Waals surface area contributed by atoms with Gasteiger partial charge in [-0.25, -0.2) is 0 Å². The number of nitrogens with one attached hydrogen (secondary N) is 2. The molecule has 1 aromatic heterocycles. The third kappa shape index (κ3) is 4.90. The standard InChI is InChI=1S/C26H23N3O2/c1-3-18(2)26(30)27-20-10-7-11-21(16-20)31-22-13-14-23-24(28-29-25(23)17-22)15-12-19-8-5-4-6-9-19/h3-17H,1-2H3,(H,27,30)(H,28,29)/b15-12+,18-3+. The number of hydrogen-bond donors (Lipinski definition) is 2. The molecule has 1 heterocycles. The summed E-state index contributed by atoms with van der Waals surface area (Å²) in [5.41, 5.74) is 4.22. The first-order valence-electron chi connectivity index (χ1n) is 10.1. The Hall–Kier alpha value is -4.12. The molecule has 0 radical (unpaired) electrons. The summed E-state index contributed by atoms with van der Waals surface area (Å²) >= 11 is 0. The van der Waals surface area contributed by atoms with Crippen molar-refractivity contribution in [2.75, 3.05) is 5.32 Å². The summed E-state index contributed by atoms with van der Waals surface area (Å²) in [6, 6.07) is 23.2. The van der Waals surface area contributed by atoms with Gasteiger partial charge in [0.2, 0.25) is 0 Å². The molecule has 31 heavy (non-hydrogen) atoms. The van der Waals surface area contributed by atoms with Crippen molar-refractivity contribution in [1.82, 2.24) is 10.2 Å².